The normalized spacial score (nSPS) is 12.8. The Kier molecular flexibility index (Phi) is 6.36. The predicted molar refractivity (Wildman–Crippen MR) is 112 cm³/mol. The average Bonchev–Trinajstić information content (AvgIpc) is 2.72. The van der Waals surface area contributed by atoms with Crippen molar-refractivity contribution in [2.24, 2.45) is 5.73 Å². The number of hydrogen-bond acceptors (Lipinski definition) is 2. The summed E-state index contributed by atoms with van der Waals surface area (Å²) >= 11 is 5.52. The summed E-state index contributed by atoms with van der Waals surface area (Å²) in [6.45, 7) is 0.675. The van der Waals surface area contributed by atoms with Crippen molar-refractivity contribution in [2.45, 2.75) is 18.6 Å². The monoisotopic (exact) mass is 361 g/mol. The standard InChI is InChI=1S/C22H23N3S/c23-20(18-12-6-2-7-13-18)21(19-14-8-3-9-15-19)25-22(26)24-16-17-10-4-1-5-11-17/h1-15,20-21H,16,23H2,(H2,24,25,26)/t20-,21-/m1/s1. The van der Waals surface area contributed by atoms with Crippen molar-refractivity contribution in [3.63, 3.8) is 0 Å². The third-order valence-corrected chi connectivity index (χ3v) is 4.55. The van der Waals surface area contributed by atoms with Crippen LogP contribution in [0.2, 0.25) is 0 Å². The van der Waals surface area contributed by atoms with Gasteiger partial charge in [-0.3, -0.25) is 0 Å². The second-order valence-electron chi connectivity index (χ2n) is 6.14. The van der Waals surface area contributed by atoms with Gasteiger partial charge >= 0.3 is 0 Å². The van der Waals surface area contributed by atoms with Crippen LogP contribution >= 0.6 is 12.2 Å². The Labute approximate surface area is 160 Å². The molecule has 0 spiro atoms. The first-order valence-corrected chi connectivity index (χ1v) is 9.08. The number of rotatable bonds is 6. The molecule has 3 aromatic carbocycles. The summed E-state index contributed by atoms with van der Waals surface area (Å²) in [4.78, 5) is 0. The van der Waals surface area contributed by atoms with E-state index in [0.29, 0.717) is 11.7 Å². The minimum atomic E-state index is -0.213. The van der Waals surface area contributed by atoms with Crippen LogP contribution < -0.4 is 16.4 Å². The number of nitrogens with two attached hydrogens (primary N) is 1. The van der Waals surface area contributed by atoms with Gasteiger partial charge in [0.25, 0.3) is 0 Å². The van der Waals surface area contributed by atoms with Gasteiger partial charge in [0.1, 0.15) is 0 Å². The number of thiocarbonyl (C=S) groups is 1. The predicted octanol–water partition coefficient (Wildman–Crippen LogP) is 4.09. The Morgan fingerprint density at radius 1 is 0.769 bits per heavy atom. The summed E-state index contributed by atoms with van der Waals surface area (Å²) in [5.41, 5.74) is 9.93. The van der Waals surface area contributed by atoms with E-state index < -0.39 is 0 Å². The van der Waals surface area contributed by atoms with Crippen molar-refractivity contribution in [1.82, 2.24) is 10.6 Å². The van der Waals surface area contributed by atoms with Gasteiger partial charge in [-0.2, -0.15) is 0 Å². The SMILES string of the molecule is N[C@H](c1ccccc1)[C@H](NC(=S)NCc1ccccc1)c1ccccc1. The fourth-order valence-electron chi connectivity index (χ4n) is 2.88. The van der Waals surface area contributed by atoms with Crippen molar-refractivity contribution < 1.29 is 0 Å². The quantitative estimate of drug-likeness (QED) is 0.579. The zero-order valence-electron chi connectivity index (χ0n) is 14.5. The maximum Gasteiger partial charge on any atom is 0.167 e. The molecule has 132 valence electrons. The van der Waals surface area contributed by atoms with Crippen molar-refractivity contribution in [1.29, 1.82) is 0 Å². The minimum Gasteiger partial charge on any atom is -0.359 e. The van der Waals surface area contributed by atoms with Crippen LogP contribution in [0, 0.1) is 0 Å². The summed E-state index contributed by atoms with van der Waals surface area (Å²) in [5.74, 6) is 0. The molecule has 0 fully saturated rings. The van der Waals surface area contributed by atoms with Crippen LogP contribution in [0.4, 0.5) is 0 Å². The lowest BCUT2D eigenvalue weighted by atomic mass is 9.94. The Morgan fingerprint density at radius 2 is 1.27 bits per heavy atom. The Hall–Kier alpha value is -2.69. The molecule has 0 bridgehead atoms. The van der Waals surface area contributed by atoms with Gasteiger partial charge in [-0.1, -0.05) is 91.0 Å². The van der Waals surface area contributed by atoms with Crippen molar-refractivity contribution in [3.8, 4) is 0 Å². The molecule has 0 aromatic heterocycles. The zero-order valence-corrected chi connectivity index (χ0v) is 15.3. The molecule has 4 N–H and O–H groups in total. The molecule has 0 aliphatic heterocycles. The number of nitrogens with one attached hydrogen (secondary N) is 2. The van der Waals surface area contributed by atoms with E-state index in [9.17, 15) is 0 Å². The van der Waals surface area contributed by atoms with Gasteiger partial charge < -0.3 is 16.4 Å². The van der Waals surface area contributed by atoms with Gasteiger partial charge in [0, 0.05) is 6.54 Å². The zero-order chi connectivity index (χ0) is 18.2. The Bertz CT molecular complexity index is 807. The lowest BCUT2D eigenvalue weighted by molar-refractivity contribution is 0.520. The Balaban J connectivity index is 1.72. The Morgan fingerprint density at radius 3 is 1.85 bits per heavy atom. The summed E-state index contributed by atoms with van der Waals surface area (Å²) < 4.78 is 0. The lowest BCUT2D eigenvalue weighted by Gasteiger charge is -2.27. The molecule has 3 nitrogen and oxygen atoms in total. The van der Waals surface area contributed by atoms with E-state index in [0.717, 1.165) is 11.1 Å². The van der Waals surface area contributed by atoms with E-state index in [1.807, 2.05) is 66.7 Å². The van der Waals surface area contributed by atoms with Crippen LogP contribution in [-0.2, 0) is 6.54 Å². The molecule has 0 radical (unpaired) electrons. The molecule has 3 rings (SSSR count). The highest BCUT2D eigenvalue weighted by molar-refractivity contribution is 7.80. The van der Waals surface area contributed by atoms with E-state index in [-0.39, 0.29) is 12.1 Å². The van der Waals surface area contributed by atoms with Crippen LogP contribution in [0.5, 0.6) is 0 Å². The first-order chi connectivity index (χ1) is 12.7. The second kappa shape index (κ2) is 9.13. The van der Waals surface area contributed by atoms with Gasteiger partial charge in [-0.25, -0.2) is 0 Å². The van der Waals surface area contributed by atoms with Crippen molar-refractivity contribution in [2.75, 3.05) is 0 Å². The second-order valence-corrected chi connectivity index (χ2v) is 6.55. The van der Waals surface area contributed by atoms with Crippen LogP contribution in [0.1, 0.15) is 28.8 Å². The van der Waals surface area contributed by atoms with E-state index in [1.54, 1.807) is 0 Å². The summed E-state index contributed by atoms with van der Waals surface area (Å²) in [7, 11) is 0. The van der Waals surface area contributed by atoms with Crippen LogP contribution in [0.15, 0.2) is 91.0 Å². The molecule has 2 atom stereocenters. The van der Waals surface area contributed by atoms with E-state index in [4.69, 9.17) is 18.0 Å². The maximum atomic E-state index is 6.58. The molecule has 0 aliphatic rings. The molecule has 0 saturated heterocycles. The van der Waals surface area contributed by atoms with Gasteiger partial charge in [0.05, 0.1) is 12.1 Å². The smallest absolute Gasteiger partial charge is 0.167 e. The van der Waals surface area contributed by atoms with Crippen molar-refractivity contribution >= 4 is 17.3 Å². The van der Waals surface area contributed by atoms with Gasteiger partial charge in [-0.15, -0.1) is 0 Å². The van der Waals surface area contributed by atoms with Crippen LogP contribution in [0.25, 0.3) is 0 Å². The highest BCUT2D eigenvalue weighted by atomic mass is 32.1. The summed E-state index contributed by atoms with van der Waals surface area (Å²) in [5, 5.41) is 7.26. The van der Waals surface area contributed by atoms with Crippen LogP contribution in [-0.4, -0.2) is 5.11 Å². The highest BCUT2D eigenvalue weighted by Crippen LogP contribution is 2.26. The fraction of sp³-hybridized carbons (Fsp3) is 0.136. The lowest BCUT2D eigenvalue weighted by Crippen LogP contribution is -2.41. The average molecular weight is 362 g/mol. The van der Waals surface area contributed by atoms with Crippen LogP contribution in [0.3, 0.4) is 0 Å². The van der Waals surface area contributed by atoms with E-state index >= 15 is 0 Å². The van der Waals surface area contributed by atoms with Gasteiger partial charge in [0.15, 0.2) is 5.11 Å². The van der Waals surface area contributed by atoms with Gasteiger partial charge in [-0.05, 0) is 28.9 Å². The molecular formula is C22H23N3S. The van der Waals surface area contributed by atoms with E-state index in [2.05, 4.69) is 34.9 Å². The molecule has 0 amide bonds. The first-order valence-electron chi connectivity index (χ1n) is 8.68. The summed E-state index contributed by atoms with van der Waals surface area (Å²) in [6, 6.07) is 30.1. The topological polar surface area (TPSA) is 50.1 Å². The maximum absolute atomic E-state index is 6.58. The number of hydrogen-bond donors (Lipinski definition) is 3. The van der Waals surface area contributed by atoms with E-state index in [1.165, 1.54) is 5.56 Å². The molecular weight excluding hydrogens is 338 g/mol. The highest BCUT2D eigenvalue weighted by Gasteiger charge is 2.22. The van der Waals surface area contributed by atoms with Gasteiger partial charge in [0.2, 0.25) is 0 Å². The third-order valence-electron chi connectivity index (χ3n) is 4.28. The molecule has 0 unspecified atom stereocenters. The molecule has 0 heterocycles. The fourth-order valence-corrected chi connectivity index (χ4v) is 3.08. The largest absolute Gasteiger partial charge is 0.359 e. The third kappa shape index (κ3) is 4.91. The molecule has 3 aromatic rings. The molecule has 0 aliphatic carbocycles. The first kappa shape index (κ1) is 18.1. The summed E-state index contributed by atoms with van der Waals surface area (Å²) in [6.07, 6.45) is 0. The minimum absolute atomic E-state index is 0.116. The molecule has 4 heteroatoms. The van der Waals surface area contributed by atoms with Crippen molar-refractivity contribution in [3.05, 3.63) is 108 Å². The molecule has 0 saturated carbocycles. The number of benzene rings is 3. The molecule has 26 heavy (non-hydrogen) atoms.